The third kappa shape index (κ3) is 19.1. The number of fused-ring (bicyclic) bond motifs is 3. The van der Waals surface area contributed by atoms with E-state index in [1.807, 2.05) is 58.1 Å². The Kier molecular flexibility index (Phi) is 26.8. The normalized spacial score (nSPS) is 36.8. The Labute approximate surface area is 486 Å². The van der Waals surface area contributed by atoms with Gasteiger partial charge in [0.05, 0.1) is 58.0 Å². The van der Waals surface area contributed by atoms with Gasteiger partial charge >= 0.3 is 12.1 Å². The molecular formula is C62H97N3O17. The van der Waals surface area contributed by atoms with Crippen LogP contribution in [0, 0.1) is 35.5 Å². The molecule has 82 heavy (non-hydrogen) atoms. The van der Waals surface area contributed by atoms with E-state index in [-0.39, 0.29) is 61.9 Å². The van der Waals surface area contributed by atoms with Crippen molar-refractivity contribution in [1.82, 2.24) is 15.1 Å². The fourth-order valence-corrected chi connectivity index (χ4v) is 12.2. The lowest BCUT2D eigenvalue weighted by Gasteiger charge is -2.43. The molecule has 15 atom stereocenters. The molecule has 6 aliphatic rings. The van der Waals surface area contributed by atoms with Crippen molar-refractivity contribution in [3.8, 4) is 0 Å². The highest BCUT2D eigenvalue weighted by Gasteiger charge is 2.53. The van der Waals surface area contributed by atoms with E-state index in [2.05, 4.69) is 10.2 Å². The summed E-state index contributed by atoms with van der Waals surface area (Å²) in [7, 11) is 2.96. The molecule has 2 bridgehead atoms. The summed E-state index contributed by atoms with van der Waals surface area (Å²) in [5.74, 6) is -8.48. The number of ether oxygens (including phenoxy) is 9. The van der Waals surface area contributed by atoms with Gasteiger partial charge in [-0.05, 0) is 107 Å². The van der Waals surface area contributed by atoms with Crippen LogP contribution < -0.4 is 5.32 Å². The maximum atomic E-state index is 14.7. The van der Waals surface area contributed by atoms with Gasteiger partial charge in [-0.2, -0.15) is 0 Å². The minimum Gasteiger partial charge on any atom is -0.460 e. The van der Waals surface area contributed by atoms with Gasteiger partial charge in [0.25, 0.3) is 11.7 Å². The summed E-state index contributed by atoms with van der Waals surface area (Å²) >= 11 is 0. The number of Topliss-reactive ketones (excluding diaryl/α,β-unsaturated/α-hetero) is 3. The van der Waals surface area contributed by atoms with E-state index in [4.69, 9.17) is 42.6 Å². The molecule has 20 nitrogen and oxygen atoms in total. The number of piperidine rings is 1. The monoisotopic (exact) mass is 1160 g/mol. The number of alkyl carbamates (subject to hydrolysis) is 1. The molecule has 4 saturated heterocycles. The average molecular weight is 1160 g/mol. The fraction of sp³-hybridized carbons (Fsp3) is 0.774. The molecule has 0 aromatic carbocycles. The summed E-state index contributed by atoms with van der Waals surface area (Å²) in [6.45, 7) is 18.4. The standard InChI is InChI=1S/C62H97N3O17/c1-39-15-11-10-12-16-40(2)52(79-30-29-78-48-37-77-38-48)35-47-20-18-45(7)62(73,82-47)58(69)59(70)65-23-14-13-17-49(65)60(71)80-53(36-50(66)41(3)32-44(6)56(68)57(75-9)55(67)43(5)31-39)42(4)33-46-19-21-51(54(34-46)74-8)81-61(72)63-22-24-64-25-27-76-28-26-64/h10-12,15-16,32,39,41-43,45-49,51-54,56-57,68,73H,13-14,17-31,33-38H2,1-9H3,(H,63,72)/b12-10+,15-11+,40-16+,44-32+/t39-,41-,42-,43-,45-,46+,47+,49+,51-,52-,53+,54-,56-,57+,62-/m1/s1. The summed E-state index contributed by atoms with van der Waals surface area (Å²) in [6.07, 6.45) is 9.90. The number of morpholine rings is 1. The third-order valence-corrected chi connectivity index (χ3v) is 17.6. The number of allylic oxidation sites excluding steroid dienone is 6. The third-order valence-electron chi connectivity index (χ3n) is 17.6. The van der Waals surface area contributed by atoms with Crippen molar-refractivity contribution in [2.24, 2.45) is 35.5 Å². The lowest BCUT2D eigenvalue weighted by Crippen LogP contribution is -2.61. The van der Waals surface area contributed by atoms with Crippen molar-refractivity contribution >= 4 is 35.3 Å². The van der Waals surface area contributed by atoms with Crippen LogP contribution in [0.25, 0.3) is 0 Å². The van der Waals surface area contributed by atoms with Gasteiger partial charge in [0.1, 0.15) is 42.3 Å². The largest absolute Gasteiger partial charge is 0.460 e. The Balaban J connectivity index is 1.24. The van der Waals surface area contributed by atoms with Gasteiger partial charge < -0.3 is 63.1 Å². The molecule has 5 heterocycles. The van der Waals surface area contributed by atoms with Crippen LogP contribution in [0.3, 0.4) is 0 Å². The van der Waals surface area contributed by atoms with Crippen molar-refractivity contribution in [1.29, 1.82) is 0 Å². The van der Waals surface area contributed by atoms with Gasteiger partial charge in [-0.3, -0.25) is 24.1 Å². The van der Waals surface area contributed by atoms with E-state index in [1.54, 1.807) is 34.0 Å². The highest BCUT2D eigenvalue weighted by molar-refractivity contribution is 6.39. The number of esters is 1. The molecule has 0 radical (unpaired) electrons. The zero-order chi connectivity index (χ0) is 59.5. The van der Waals surface area contributed by atoms with Crippen LogP contribution in [-0.4, -0.2) is 203 Å². The van der Waals surface area contributed by atoms with Gasteiger partial charge in [-0.25, -0.2) is 9.59 Å². The Hall–Kier alpha value is -4.22. The molecule has 462 valence electrons. The Bertz CT molecular complexity index is 2230. The summed E-state index contributed by atoms with van der Waals surface area (Å²) < 4.78 is 53.0. The number of hydrogen-bond donors (Lipinski definition) is 3. The maximum Gasteiger partial charge on any atom is 0.407 e. The lowest BCUT2D eigenvalue weighted by atomic mass is 9.78. The second kappa shape index (κ2) is 32.9. The van der Waals surface area contributed by atoms with E-state index in [0.717, 1.165) is 18.7 Å². The van der Waals surface area contributed by atoms with Crippen LogP contribution in [0.5, 0.6) is 0 Å². The first kappa shape index (κ1) is 66.9. The summed E-state index contributed by atoms with van der Waals surface area (Å²) in [5.41, 5.74) is 1.21. The zero-order valence-electron chi connectivity index (χ0n) is 50.3. The highest BCUT2D eigenvalue weighted by Crippen LogP contribution is 2.38. The number of aliphatic hydroxyl groups is 2. The topological polar surface area (TPSA) is 244 Å². The first-order valence-corrected chi connectivity index (χ1v) is 30.2. The summed E-state index contributed by atoms with van der Waals surface area (Å²) in [4.78, 5) is 88.5. The quantitative estimate of drug-likeness (QED) is 0.0778. The molecule has 2 amide bonds. The van der Waals surface area contributed by atoms with Gasteiger partial charge in [0.15, 0.2) is 5.78 Å². The average Bonchev–Trinajstić information content (AvgIpc) is 3.50. The Morgan fingerprint density at radius 1 is 0.841 bits per heavy atom. The van der Waals surface area contributed by atoms with Gasteiger partial charge in [-0.15, -0.1) is 0 Å². The van der Waals surface area contributed by atoms with Crippen molar-refractivity contribution in [2.45, 2.75) is 186 Å². The molecule has 0 unspecified atom stereocenters. The first-order valence-electron chi connectivity index (χ1n) is 30.2. The number of rotatable bonds is 14. The minimum absolute atomic E-state index is 0.00839. The lowest BCUT2D eigenvalue weighted by molar-refractivity contribution is -0.266. The number of amides is 2. The number of carbonyl (C=O) groups excluding carboxylic acids is 6. The SMILES string of the molecule is CO[C@@H]1C[C@H](C[C@@H](C)[C@@H]2CC(=O)[C@H](C)/C=C(\C)[C@@H](O)[C@@H](OC)C(=O)[C@H](C)C[C@H](C)/C=C/C=C/C=C(\C)[C@H](OCCOC3COC3)C[C@@H]3CC[C@@H](C)[C@@](O)(O3)C(=O)C(=O)N3CCCC[C@H]3C(=O)O2)CC[C@H]1OC(=O)NCCN1CCOCC1. The number of nitrogens with one attached hydrogen (secondary N) is 1. The molecule has 0 aromatic heterocycles. The summed E-state index contributed by atoms with van der Waals surface area (Å²) in [6, 6.07) is -1.19. The van der Waals surface area contributed by atoms with Crippen LogP contribution in [0.2, 0.25) is 0 Å². The predicted molar refractivity (Wildman–Crippen MR) is 304 cm³/mol. The van der Waals surface area contributed by atoms with E-state index >= 15 is 0 Å². The van der Waals surface area contributed by atoms with Gasteiger partial charge in [0, 0.05) is 77.5 Å². The van der Waals surface area contributed by atoms with Crippen molar-refractivity contribution in [3.63, 3.8) is 0 Å². The van der Waals surface area contributed by atoms with Crippen LogP contribution in [0.15, 0.2) is 47.6 Å². The molecular weight excluding hydrogens is 1060 g/mol. The second-order valence-electron chi connectivity index (χ2n) is 24.0. The fourth-order valence-electron chi connectivity index (χ4n) is 12.2. The maximum absolute atomic E-state index is 14.7. The predicted octanol–water partition coefficient (Wildman–Crippen LogP) is 6.03. The van der Waals surface area contributed by atoms with Crippen molar-refractivity contribution in [2.75, 3.05) is 86.6 Å². The number of methoxy groups -OCH3 is 2. The number of cyclic esters (lactones) is 1. The molecule has 0 aromatic rings. The molecule has 1 aliphatic carbocycles. The smallest absolute Gasteiger partial charge is 0.407 e. The number of nitrogens with zero attached hydrogens (tertiary/aromatic N) is 2. The number of aliphatic hydroxyl groups excluding tert-OH is 1. The highest BCUT2D eigenvalue weighted by atomic mass is 16.6. The molecule has 6 rings (SSSR count). The van der Waals surface area contributed by atoms with Crippen molar-refractivity contribution in [3.05, 3.63) is 47.6 Å². The molecule has 0 spiro atoms. The van der Waals surface area contributed by atoms with Gasteiger partial charge in [-0.1, -0.05) is 71.1 Å². The summed E-state index contributed by atoms with van der Waals surface area (Å²) in [5, 5.41) is 26.7. The molecule has 3 N–H and O–H groups in total. The van der Waals surface area contributed by atoms with Gasteiger partial charge in [0.2, 0.25) is 5.79 Å². The van der Waals surface area contributed by atoms with E-state index in [9.17, 15) is 39.0 Å². The van der Waals surface area contributed by atoms with Crippen LogP contribution in [0.4, 0.5) is 4.79 Å². The molecule has 5 aliphatic heterocycles. The van der Waals surface area contributed by atoms with Crippen LogP contribution >= 0.6 is 0 Å². The molecule has 1 saturated carbocycles. The van der Waals surface area contributed by atoms with E-state index < -0.39 is 102 Å². The Morgan fingerprint density at radius 2 is 1.59 bits per heavy atom. The van der Waals surface area contributed by atoms with Crippen molar-refractivity contribution < 1.29 is 81.6 Å². The van der Waals surface area contributed by atoms with Crippen LogP contribution in [-0.2, 0) is 66.6 Å². The number of carbonyl (C=O) groups is 6. The first-order chi connectivity index (χ1) is 39.2. The molecule has 20 heteroatoms. The van der Waals surface area contributed by atoms with Crippen LogP contribution in [0.1, 0.15) is 126 Å². The van der Waals surface area contributed by atoms with E-state index in [1.165, 1.54) is 12.0 Å². The number of hydrogen-bond acceptors (Lipinski definition) is 18. The zero-order valence-corrected chi connectivity index (χ0v) is 50.3. The minimum atomic E-state index is -2.49. The second-order valence-corrected chi connectivity index (χ2v) is 24.0. The van der Waals surface area contributed by atoms with E-state index in [0.29, 0.717) is 109 Å². The Morgan fingerprint density at radius 3 is 2.29 bits per heavy atom. The number of ketones is 3. The molecule has 5 fully saturated rings.